The van der Waals surface area contributed by atoms with Crippen LogP contribution in [0.1, 0.15) is 11.0 Å². The maximum absolute atomic E-state index is 9.35. The molecule has 0 atom stereocenters. The predicted octanol–water partition coefficient (Wildman–Crippen LogP) is -4.24. The summed E-state index contributed by atoms with van der Waals surface area (Å²) < 4.78 is 18.2. The molecule has 0 aliphatic heterocycles. The Morgan fingerprint density at radius 3 is 2.40 bits per heavy atom. The first kappa shape index (κ1) is 2.61. The van der Waals surface area contributed by atoms with Crippen LogP contribution in [0.5, 0.6) is 0 Å². The van der Waals surface area contributed by atoms with Gasteiger partial charge in [-0.05, 0) is 6.85 Å². The molecule has 0 rings (SSSR count). The van der Waals surface area contributed by atoms with Gasteiger partial charge in [-0.1, -0.05) is 0 Å². The summed E-state index contributed by atoms with van der Waals surface area (Å²) in [6.45, 7) is -2.94. The van der Waals surface area contributed by atoms with Crippen molar-refractivity contribution in [2.45, 2.75) is 6.85 Å². The molecule has 0 bridgehead atoms. The summed E-state index contributed by atoms with van der Waals surface area (Å²) >= 11 is 0. The number of carboxylic acids is 1. The quantitative estimate of drug-likeness (QED) is 0.221. The van der Waals surface area contributed by atoms with Crippen molar-refractivity contribution in [3.63, 3.8) is 0 Å². The van der Waals surface area contributed by atoms with E-state index in [1.807, 2.05) is 0 Å². The number of carbonyl (C=O) groups excluding carboxylic acids is 1. The number of rotatable bonds is 0. The number of hydrogen-bond acceptors (Lipinski definition) is 2. The van der Waals surface area contributed by atoms with Gasteiger partial charge in [-0.2, -0.15) is 0 Å². The Hall–Kier alpha value is 0.470. The van der Waals surface area contributed by atoms with E-state index in [2.05, 4.69) is 0 Å². The van der Waals surface area contributed by atoms with Crippen LogP contribution in [0.4, 0.5) is 0 Å². The Bertz CT molecular complexity index is 87.8. The zero-order valence-electron chi connectivity index (χ0n) is 5.82. The van der Waals surface area contributed by atoms with E-state index >= 15 is 0 Å². The van der Waals surface area contributed by atoms with Crippen molar-refractivity contribution in [2.24, 2.45) is 0 Å². The average molecular weight is 86.0 g/mol. The molecule has 0 aromatic rings. The zero-order valence-corrected chi connectivity index (χ0v) is 4.82. The molecular weight excluding hydrogens is 80.0 g/mol. The van der Waals surface area contributed by atoms with Crippen molar-refractivity contribution in [3.05, 3.63) is 0 Å². The van der Waals surface area contributed by atoms with E-state index in [1.165, 1.54) is 0 Å². The van der Waals surface area contributed by atoms with Crippen LogP contribution in [0, 0.1) is 0 Å². The number of aliphatic carboxylic acids is 1. The van der Waals surface area contributed by atoms with Crippen LogP contribution in [0.15, 0.2) is 0 Å². The molecule has 0 fully saturated rings. The van der Waals surface area contributed by atoms with Crippen LogP contribution >= 0.6 is 0 Å². The topological polar surface area (TPSA) is 40.1 Å². The minimum absolute atomic E-state index is 0. The van der Waals surface area contributed by atoms with E-state index in [0.29, 0.717) is 0 Å². The molecule has 0 amide bonds. The average Bonchev–Trinajstić information content (AvgIpc) is 1.31. The monoisotopic (exact) mass is 86.0 g/mol. The van der Waals surface area contributed by atoms with Crippen LogP contribution in [0.2, 0.25) is 0 Å². The summed E-state index contributed by atoms with van der Waals surface area (Å²) in [5.74, 6) is -2.01. The SMILES string of the molecule is [2H]C([2H])([2H])[13C](=O)[O-].[Na+]. The molecule has 0 aromatic carbocycles. The van der Waals surface area contributed by atoms with E-state index in [9.17, 15) is 9.90 Å². The molecule has 2 nitrogen and oxygen atoms in total. The van der Waals surface area contributed by atoms with Crippen molar-refractivity contribution < 1.29 is 43.6 Å². The molecule has 0 aliphatic rings. The Balaban J connectivity index is 0. The van der Waals surface area contributed by atoms with Crippen LogP contribution in [-0.2, 0) is 4.79 Å². The number of carboxylic acid groups (broad SMARTS) is 1. The minimum atomic E-state index is -2.94. The summed E-state index contributed by atoms with van der Waals surface area (Å²) in [5.41, 5.74) is 0. The Morgan fingerprint density at radius 2 is 2.40 bits per heavy atom. The molecule has 3 heteroatoms. The van der Waals surface area contributed by atoms with E-state index in [-0.39, 0.29) is 29.6 Å². The molecular formula is C2H3NaO2. The van der Waals surface area contributed by atoms with Crippen LogP contribution < -0.4 is 34.7 Å². The van der Waals surface area contributed by atoms with Gasteiger partial charge in [0.05, 0.1) is 0 Å². The van der Waals surface area contributed by atoms with Gasteiger partial charge >= 0.3 is 29.6 Å². The summed E-state index contributed by atoms with van der Waals surface area (Å²) in [5, 5.41) is 9.35. The van der Waals surface area contributed by atoms with Crippen LogP contribution in [0.3, 0.4) is 0 Å². The van der Waals surface area contributed by atoms with Gasteiger partial charge in [0, 0.05) is 10.1 Å². The van der Waals surface area contributed by atoms with Crippen LogP contribution in [0.25, 0.3) is 0 Å². The first-order chi connectivity index (χ1) is 2.94. The molecule has 24 valence electrons. The third-order valence-corrected chi connectivity index (χ3v) is 0. The molecule has 0 aliphatic carbocycles. The molecule has 0 spiro atoms. The molecule has 0 unspecified atom stereocenters. The van der Waals surface area contributed by atoms with Gasteiger partial charge in [-0.15, -0.1) is 0 Å². The molecule has 0 saturated carbocycles. The largest absolute Gasteiger partial charge is 1.00 e. The maximum Gasteiger partial charge on any atom is 1.00 e. The van der Waals surface area contributed by atoms with Crippen molar-refractivity contribution in [2.75, 3.05) is 0 Å². The third-order valence-electron chi connectivity index (χ3n) is 0. The predicted molar refractivity (Wildman–Crippen MR) is 10.7 cm³/mol. The van der Waals surface area contributed by atoms with Gasteiger partial charge in [0.2, 0.25) is 0 Å². The van der Waals surface area contributed by atoms with Gasteiger partial charge in [-0.3, -0.25) is 0 Å². The fraction of sp³-hybridized carbons (Fsp3) is 0.500. The summed E-state index contributed by atoms with van der Waals surface area (Å²) in [6.07, 6.45) is 0. The molecule has 0 radical (unpaired) electrons. The van der Waals surface area contributed by atoms with E-state index in [4.69, 9.17) is 4.11 Å². The van der Waals surface area contributed by atoms with Crippen molar-refractivity contribution in [1.29, 1.82) is 0 Å². The van der Waals surface area contributed by atoms with E-state index in [1.54, 1.807) is 0 Å². The van der Waals surface area contributed by atoms with E-state index < -0.39 is 12.8 Å². The van der Waals surface area contributed by atoms with Crippen LogP contribution in [-0.4, -0.2) is 5.97 Å². The molecule has 0 N–H and O–H groups in total. The summed E-state index contributed by atoms with van der Waals surface area (Å²) in [7, 11) is 0. The van der Waals surface area contributed by atoms with Gasteiger partial charge < -0.3 is 9.90 Å². The fourth-order valence-corrected chi connectivity index (χ4v) is 0. The third kappa shape index (κ3) is 123. The molecule has 0 saturated heterocycles. The van der Waals surface area contributed by atoms with Gasteiger partial charge in [0.1, 0.15) is 0 Å². The maximum atomic E-state index is 9.35. The fourth-order valence-electron chi connectivity index (χ4n) is 0. The summed E-state index contributed by atoms with van der Waals surface area (Å²) in [4.78, 5) is 9.35. The van der Waals surface area contributed by atoms with Crippen molar-refractivity contribution >= 4 is 5.97 Å². The summed E-state index contributed by atoms with van der Waals surface area (Å²) in [6, 6.07) is 0. The molecule has 5 heavy (non-hydrogen) atoms. The second-order valence-electron chi connectivity index (χ2n) is 0.287. The number of carbonyl (C=O) groups is 1. The normalized spacial score (nSPS) is 16.4. The zero-order chi connectivity index (χ0) is 6.08. The smallest absolute Gasteiger partial charge is 0.550 e. The Kier molecular flexibility index (Phi) is 2.33. The Labute approximate surface area is 56.7 Å². The first-order valence-electron chi connectivity index (χ1n) is 2.16. The van der Waals surface area contributed by atoms with Gasteiger partial charge in [-0.25, -0.2) is 0 Å². The minimum Gasteiger partial charge on any atom is -0.550 e. The van der Waals surface area contributed by atoms with Gasteiger partial charge in [0.25, 0.3) is 0 Å². The standard InChI is InChI=1S/C2H4O2.Na/c1-2(3)4;/h1H3,(H,3,4);/q;+1/p-1/i1D3,2+1;. The van der Waals surface area contributed by atoms with Crippen molar-refractivity contribution in [3.8, 4) is 0 Å². The van der Waals surface area contributed by atoms with Gasteiger partial charge in [0.15, 0.2) is 0 Å². The van der Waals surface area contributed by atoms with E-state index in [0.717, 1.165) is 0 Å². The first-order valence-corrected chi connectivity index (χ1v) is 0.658. The Morgan fingerprint density at radius 1 is 2.20 bits per heavy atom. The second kappa shape index (κ2) is 4.47. The number of hydrogen-bond donors (Lipinski definition) is 0. The molecule has 0 aromatic heterocycles. The second-order valence-corrected chi connectivity index (χ2v) is 0.287. The molecule has 0 heterocycles. The van der Waals surface area contributed by atoms with Crippen molar-refractivity contribution in [1.82, 2.24) is 0 Å².